The minimum absolute atomic E-state index is 0.145. The van der Waals surface area contributed by atoms with E-state index in [-0.39, 0.29) is 17.0 Å². The van der Waals surface area contributed by atoms with Crippen molar-refractivity contribution in [3.8, 4) is 0 Å². The first-order valence-corrected chi connectivity index (χ1v) is 11.0. The number of hydrogen-bond donors (Lipinski definition) is 2. The van der Waals surface area contributed by atoms with E-state index in [2.05, 4.69) is 10.0 Å². The number of nitrogens with one attached hydrogen (secondary N) is 2. The Labute approximate surface area is 167 Å². The maximum atomic E-state index is 12.6. The molecule has 3 rings (SSSR count). The zero-order valence-corrected chi connectivity index (χ0v) is 17.3. The Morgan fingerprint density at radius 1 is 1.00 bits per heavy atom. The maximum Gasteiger partial charge on any atom is 0.321 e. The summed E-state index contributed by atoms with van der Waals surface area (Å²) in [7, 11) is -3.54. The summed E-state index contributed by atoms with van der Waals surface area (Å²) in [5, 5.41) is 2.96. The normalized spacial score (nSPS) is 15.5. The van der Waals surface area contributed by atoms with E-state index in [0.29, 0.717) is 25.9 Å². The zero-order chi connectivity index (χ0) is 20.3. The number of carbonyl (C=O) groups is 1. The Morgan fingerprint density at radius 3 is 2.29 bits per heavy atom. The van der Waals surface area contributed by atoms with E-state index in [4.69, 9.17) is 0 Å². The lowest BCUT2D eigenvalue weighted by atomic mass is 10.1. The highest BCUT2D eigenvalue weighted by molar-refractivity contribution is 7.89. The second kappa shape index (κ2) is 8.32. The van der Waals surface area contributed by atoms with Gasteiger partial charge in [0.25, 0.3) is 0 Å². The number of nitrogens with zero attached hydrogens (tertiary/aromatic N) is 1. The molecule has 0 saturated carbocycles. The summed E-state index contributed by atoms with van der Waals surface area (Å²) in [6.45, 7) is 6.94. The Morgan fingerprint density at radius 2 is 1.64 bits per heavy atom. The number of anilines is 1. The van der Waals surface area contributed by atoms with Crippen LogP contribution < -0.4 is 10.0 Å². The monoisotopic (exact) mass is 401 g/mol. The third kappa shape index (κ3) is 4.72. The van der Waals surface area contributed by atoms with Gasteiger partial charge in [0.05, 0.1) is 4.90 Å². The molecule has 2 amide bonds. The fourth-order valence-electron chi connectivity index (χ4n) is 3.29. The Hall–Kier alpha value is -2.38. The molecule has 0 aromatic heterocycles. The first-order valence-electron chi connectivity index (χ1n) is 9.47. The number of hydrogen-bond acceptors (Lipinski definition) is 3. The van der Waals surface area contributed by atoms with Gasteiger partial charge in [0.2, 0.25) is 10.0 Å². The van der Waals surface area contributed by atoms with E-state index in [0.717, 1.165) is 22.4 Å². The van der Waals surface area contributed by atoms with Crippen molar-refractivity contribution in [3.05, 3.63) is 59.2 Å². The van der Waals surface area contributed by atoms with E-state index >= 15 is 0 Å². The predicted octanol–water partition coefficient (Wildman–Crippen LogP) is 3.59. The molecule has 1 aliphatic heterocycles. The van der Waals surface area contributed by atoms with E-state index in [1.165, 1.54) is 0 Å². The number of rotatable bonds is 4. The van der Waals surface area contributed by atoms with Crippen LogP contribution >= 0.6 is 0 Å². The fourth-order valence-corrected chi connectivity index (χ4v) is 4.59. The standard InChI is InChI=1S/C21H27N3O3S/c1-15-7-9-19(10-8-15)28(26,27)23-18-11-13-24(14-12-18)21(25)22-20-6-4-5-16(2)17(20)3/h4-10,18,23H,11-14H2,1-3H3,(H,22,25). The molecule has 2 N–H and O–H groups in total. The number of aryl methyl sites for hydroxylation is 2. The Balaban J connectivity index is 1.56. The van der Waals surface area contributed by atoms with Gasteiger partial charge in [-0.25, -0.2) is 17.9 Å². The third-order valence-electron chi connectivity index (χ3n) is 5.28. The van der Waals surface area contributed by atoms with Crippen LogP contribution in [0.5, 0.6) is 0 Å². The summed E-state index contributed by atoms with van der Waals surface area (Å²) in [4.78, 5) is 14.6. The molecule has 2 aromatic rings. The highest BCUT2D eigenvalue weighted by Crippen LogP contribution is 2.20. The molecule has 6 nitrogen and oxygen atoms in total. The smallest absolute Gasteiger partial charge is 0.321 e. The third-order valence-corrected chi connectivity index (χ3v) is 6.82. The topological polar surface area (TPSA) is 78.5 Å². The fraction of sp³-hybridized carbons (Fsp3) is 0.381. The number of amides is 2. The van der Waals surface area contributed by atoms with Gasteiger partial charge >= 0.3 is 6.03 Å². The average molecular weight is 402 g/mol. The van der Waals surface area contributed by atoms with Crippen LogP contribution in [0.15, 0.2) is 47.4 Å². The van der Waals surface area contributed by atoms with Crippen LogP contribution in [0.1, 0.15) is 29.5 Å². The molecule has 2 aromatic carbocycles. The summed E-state index contributed by atoms with van der Waals surface area (Å²) in [6.07, 6.45) is 1.18. The first kappa shape index (κ1) is 20.4. The molecule has 0 radical (unpaired) electrons. The number of likely N-dealkylation sites (tertiary alicyclic amines) is 1. The van der Waals surface area contributed by atoms with E-state index in [9.17, 15) is 13.2 Å². The Bertz CT molecular complexity index is 947. The molecule has 0 bridgehead atoms. The van der Waals surface area contributed by atoms with Crippen molar-refractivity contribution in [2.45, 2.75) is 44.6 Å². The lowest BCUT2D eigenvalue weighted by Gasteiger charge is -2.32. The second-order valence-corrected chi connectivity index (χ2v) is 9.09. The van der Waals surface area contributed by atoms with E-state index in [1.807, 2.05) is 39.0 Å². The lowest BCUT2D eigenvalue weighted by Crippen LogP contribution is -2.47. The minimum atomic E-state index is -3.54. The second-order valence-electron chi connectivity index (χ2n) is 7.37. The van der Waals surface area contributed by atoms with Crippen molar-refractivity contribution in [1.29, 1.82) is 0 Å². The molecule has 1 fully saturated rings. The summed E-state index contributed by atoms with van der Waals surface area (Å²) < 4.78 is 27.8. The van der Waals surface area contributed by atoms with Gasteiger partial charge < -0.3 is 10.2 Å². The maximum absolute atomic E-state index is 12.6. The lowest BCUT2D eigenvalue weighted by molar-refractivity contribution is 0.193. The SMILES string of the molecule is Cc1ccc(S(=O)(=O)NC2CCN(C(=O)Nc3cccc(C)c3C)CC2)cc1. The summed E-state index contributed by atoms with van der Waals surface area (Å²) in [5.41, 5.74) is 4.01. The van der Waals surface area contributed by atoms with Gasteiger partial charge in [0.1, 0.15) is 0 Å². The minimum Gasteiger partial charge on any atom is -0.324 e. The highest BCUT2D eigenvalue weighted by atomic mass is 32.2. The summed E-state index contributed by atoms with van der Waals surface area (Å²) >= 11 is 0. The first-order chi connectivity index (χ1) is 13.3. The molecule has 1 saturated heterocycles. The van der Waals surface area contributed by atoms with Crippen molar-refractivity contribution in [3.63, 3.8) is 0 Å². The number of piperidine rings is 1. The van der Waals surface area contributed by atoms with Crippen molar-refractivity contribution < 1.29 is 13.2 Å². The van der Waals surface area contributed by atoms with Crippen LogP contribution in [0.4, 0.5) is 10.5 Å². The Kier molecular flexibility index (Phi) is 6.05. The molecule has 28 heavy (non-hydrogen) atoms. The van der Waals surface area contributed by atoms with Crippen LogP contribution in [-0.4, -0.2) is 38.5 Å². The van der Waals surface area contributed by atoms with Crippen molar-refractivity contribution >= 4 is 21.7 Å². The van der Waals surface area contributed by atoms with E-state index < -0.39 is 10.0 Å². The van der Waals surface area contributed by atoms with Crippen molar-refractivity contribution in [1.82, 2.24) is 9.62 Å². The van der Waals surface area contributed by atoms with Crippen LogP contribution in [0.3, 0.4) is 0 Å². The van der Waals surface area contributed by atoms with Crippen LogP contribution in [-0.2, 0) is 10.0 Å². The van der Waals surface area contributed by atoms with Gasteiger partial charge in [-0.15, -0.1) is 0 Å². The van der Waals surface area contributed by atoms with Gasteiger partial charge in [-0.1, -0.05) is 29.8 Å². The number of urea groups is 1. The van der Waals surface area contributed by atoms with Gasteiger partial charge in [0.15, 0.2) is 0 Å². The molecule has 1 aliphatic rings. The van der Waals surface area contributed by atoms with Crippen molar-refractivity contribution in [2.24, 2.45) is 0 Å². The quantitative estimate of drug-likeness (QED) is 0.822. The van der Waals surface area contributed by atoms with Crippen LogP contribution in [0, 0.1) is 20.8 Å². The van der Waals surface area contributed by atoms with E-state index in [1.54, 1.807) is 29.2 Å². The van der Waals surface area contributed by atoms with Gasteiger partial charge in [0, 0.05) is 24.8 Å². The molecule has 1 heterocycles. The number of carbonyl (C=O) groups excluding carboxylic acids is 1. The molecular weight excluding hydrogens is 374 g/mol. The van der Waals surface area contributed by atoms with Crippen LogP contribution in [0.25, 0.3) is 0 Å². The number of sulfonamides is 1. The summed E-state index contributed by atoms with van der Waals surface area (Å²) in [6, 6.07) is 12.3. The molecule has 0 spiro atoms. The molecule has 150 valence electrons. The highest BCUT2D eigenvalue weighted by Gasteiger charge is 2.27. The van der Waals surface area contributed by atoms with Crippen molar-refractivity contribution in [2.75, 3.05) is 18.4 Å². The molecule has 0 unspecified atom stereocenters. The van der Waals surface area contributed by atoms with Gasteiger partial charge in [-0.2, -0.15) is 0 Å². The van der Waals surface area contributed by atoms with Crippen LogP contribution in [0.2, 0.25) is 0 Å². The van der Waals surface area contributed by atoms with Gasteiger partial charge in [-0.05, 0) is 62.9 Å². The molecular formula is C21H27N3O3S. The average Bonchev–Trinajstić information content (AvgIpc) is 2.66. The zero-order valence-electron chi connectivity index (χ0n) is 16.5. The largest absolute Gasteiger partial charge is 0.324 e. The number of benzene rings is 2. The molecule has 0 atom stereocenters. The molecule has 7 heteroatoms. The molecule has 0 aliphatic carbocycles. The predicted molar refractivity (Wildman–Crippen MR) is 111 cm³/mol. The summed E-state index contributed by atoms with van der Waals surface area (Å²) in [5.74, 6) is 0. The van der Waals surface area contributed by atoms with Gasteiger partial charge in [-0.3, -0.25) is 0 Å².